The van der Waals surface area contributed by atoms with E-state index in [9.17, 15) is 22.8 Å². The number of hydrogen-bond donors (Lipinski definition) is 2. The standard InChI is InChI=1S/C34H39F3N8O4/c1-7-28(46)39-24-17-25(31(48-19-34(35,36)37)42-30(24)44(6)15-14-43(4)5)40-33-38-18-23(32(47)49-20(2)3)29(41-33)27-16-21-10-8-9-11-26(21)45(27)22-12-13-22/h7-11,16-18,20,22H,1,12-15,19H2,2-6H3,(H,39,46)(H,38,40,41). The van der Waals surface area contributed by atoms with Crippen LogP contribution in [-0.4, -0.2) is 89.4 Å². The largest absolute Gasteiger partial charge is 0.466 e. The van der Waals surface area contributed by atoms with Gasteiger partial charge in [0.1, 0.15) is 16.9 Å². The SMILES string of the molecule is C=CC(=O)Nc1cc(Nc2ncc(C(=O)OC(C)C)c(-c3cc4ccccc4n3C3CC3)n2)c(OCC(F)(F)F)nc1N(C)CCN(C)C. The van der Waals surface area contributed by atoms with Crippen molar-refractivity contribution >= 4 is 45.9 Å². The van der Waals surface area contributed by atoms with Crippen LogP contribution >= 0.6 is 0 Å². The second-order valence-electron chi connectivity index (χ2n) is 12.3. The summed E-state index contributed by atoms with van der Waals surface area (Å²) < 4.78 is 53.0. The topological polar surface area (TPSA) is 127 Å². The van der Waals surface area contributed by atoms with Crippen molar-refractivity contribution in [1.29, 1.82) is 0 Å². The molecule has 260 valence electrons. The molecule has 1 saturated carbocycles. The summed E-state index contributed by atoms with van der Waals surface area (Å²) in [7, 11) is 5.44. The molecule has 1 amide bonds. The summed E-state index contributed by atoms with van der Waals surface area (Å²) in [6.07, 6.45) is -0.789. The molecular formula is C34H39F3N8O4. The molecule has 0 spiro atoms. The molecule has 4 aromatic rings. The van der Waals surface area contributed by atoms with Crippen LogP contribution in [0.5, 0.6) is 5.88 Å². The number of aromatic nitrogens is 4. The number of hydrogen-bond acceptors (Lipinski definition) is 10. The van der Waals surface area contributed by atoms with E-state index in [4.69, 9.17) is 14.5 Å². The summed E-state index contributed by atoms with van der Waals surface area (Å²) in [5.74, 6) is -1.47. The highest BCUT2D eigenvalue weighted by Crippen LogP contribution is 2.43. The lowest BCUT2D eigenvalue weighted by atomic mass is 10.1. The second-order valence-corrected chi connectivity index (χ2v) is 12.3. The van der Waals surface area contributed by atoms with Crippen LogP contribution in [0.2, 0.25) is 0 Å². The molecule has 0 bridgehead atoms. The van der Waals surface area contributed by atoms with Crippen molar-refractivity contribution in [3.8, 4) is 17.3 Å². The Kier molecular flexibility index (Phi) is 10.4. The summed E-state index contributed by atoms with van der Waals surface area (Å²) in [5, 5.41) is 6.56. The van der Waals surface area contributed by atoms with Crippen LogP contribution in [0.25, 0.3) is 22.3 Å². The molecular weight excluding hydrogens is 641 g/mol. The number of alkyl halides is 3. The number of carbonyl (C=O) groups excluding carboxylic acids is 2. The van der Waals surface area contributed by atoms with Crippen molar-refractivity contribution in [3.63, 3.8) is 0 Å². The molecule has 15 heteroatoms. The lowest BCUT2D eigenvalue weighted by molar-refractivity contribution is -0.153. The van der Waals surface area contributed by atoms with Gasteiger partial charge in [-0.3, -0.25) is 4.79 Å². The number of likely N-dealkylation sites (N-methyl/N-ethyl adjacent to an activating group) is 2. The van der Waals surface area contributed by atoms with Gasteiger partial charge in [-0.2, -0.15) is 18.2 Å². The summed E-state index contributed by atoms with van der Waals surface area (Å²) in [6.45, 7) is 6.35. The third kappa shape index (κ3) is 8.65. The van der Waals surface area contributed by atoms with Gasteiger partial charge in [-0.25, -0.2) is 14.8 Å². The number of fused-ring (bicyclic) bond motifs is 1. The predicted molar refractivity (Wildman–Crippen MR) is 182 cm³/mol. The number of amides is 1. The molecule has 0 saturated heterocycles. The average molecular weight is 681 g/mol. The number of carbonyl (C=O) groups is 2. The molecule has 1 fully saturated rings. The minimum atomic E-state index is -4.66. The zero-order valence-electron chi connectivity index (χ0n) is 28.0. The second kappa shape index (κ2) is 14.5. The van der Waals surface area contributed by atoms with Crippen LogP contribution in [-0.2, 0) is 9.53 Å². The number of para-hydroxylation sites is 1. The number of benzene rings is 1. The average Bonchev–Trinajstić information content (AvgIpc) is 3.81. The predicted octanol–water partition coefficient (Wildman–Crippen LogP) is 6.20. The van der Waals surface area contributed by atoms with Gasteiger partial charge >= 0.3 is 12.1 Å². The van der Waals surface area contributed by atoms with Crippen LogP contribution in [0.4, 0.5) is 36.3 Å². The molecule has 5 rings (SSSR count). The quantitative estimate of drug-likeness (QED) is 0.117. The Morgan fingerprint density at radius 1 is 1.10 bits per heavy atom. The number of esters is 1. The first-order valence-corrected chi connectivity index (χ1v) is 15.7. The Balaban J connectivity index is 1.64. The molecule has 12 nitrogen and oxygen atoms in total. The number of pyridine rings is 1. The van der Waals surface area contributed by atoms with Crippen LogP contribution in [0.1, 0.15) is 43.1 Å². The Bertz CT molecular complexity index is 1850. The molecule has 49 heavy (non-hydrogen) atoms. The summed E-state index contributed by atoms with van der Waals surface area (Å²) in [4.78, 5) is 42.8. The van der Waals surface area contributed by atoms with Crippen molar-refractivity contribution < 1.29 is 32.2 Å². The van der Waals surface area contributed by atoms with Gasteiger partial charge in [0, 0.05) is 43.3 Å². The van der Waals surface area contributed by atoms with Crippen LogP contribution in [0.3, 0.4) is 0 Å². The Hall–Kier alpha value is -5.18. The number of halogens is 3. The van der Waals surface area contributed by atoms with Gasteiger partial charge in [0.15, 0.2) is 12.4 Å². The Morgan fingerprint density at radius 2 is 1.84 bits per heavy atom. The number of nitrogens with one attached hydrogen (secondary N) is 2. The van der Waals surface area contributed by atoms with Gasteiger partial charge in [0.2, 0.25) is 17.7 Å². The van der Waals surface area contributed by atoms with E-state index in [0.29, 0.717) is 18.8 Å². The molecule has 3 heterocycles. The number of rotatable bonds is 14. The summed E-state index contributed by atoms with van der Waals surface area (Å²) in [6, 6.07) is 11.4. The highest BCUT2D eigenvalue weighted by atomic mass is 19.4. The van der Waals surface area contributed by atoms with Crippen molar-refractivity contribution in [3.05, 3.63) is 60.8 Å². The number of ether oxygens (including phenoxy) is 2. The maximum atomic E-state index is 13.4. The van der Waals surface area contributed by atoms with Gasteiger partial charge in [0.25, 0.3) is 0 Å². The van der Waals surface area contributed by atoms with Gasteiger partial charge < -0.3 is 34.5 Å². The third-order valence-corrected chi connectivity index (χ3v) is 7.53. The number of nitrogens with zero attached hydrogens (tertiary/aromatic N) is 6. The van der Waals surface area contributed by atoms with E-state index in [1.54, 1.807) is 25.8 Å². The van der Waals surface area contributed by atoms with E-state index in [1.165, 1.54) is 12.3 Å². The van der Waals surface area contributed by atoms with Gasteiger partial charge in [-0.15, -0.1) is 0 Å². The van der Waals surface area contributed by atoms with Gasteiger partial charge in [-0.05, 0) is 65.1 Å². The van der Waals surface area contributed by atoms with Gasteiger partial charge in [-0.1, -0.05) is 24.8 Å². The first kappa shape index (κ1) is 35.1. The highest BCUT2D eigenvalue weighted by Gasteiger charge is 2.32. The maximum absolute atomic E-state index is 13.4. The minimum Gasteiger partial charge on any atom is -0.466 e. The normalized spacial score (nSPS) is 13.1. The number of anilines is 4. The lowest BCUT2D eigenvalue weighted by Crippen LogP contribution is -2.30. The van der Waals surface area contributed by atoms with Crippen LogP contribution in [0.15, 0.2) is 55.3 Å². The molecule has 1 aliphatic rings. The fraction of sp³-hybridized carbons (Fsp3) is 0.382. The minimum absolute atomic E-state index is 0.0560. The fourth-order valence-corrected chi connectivity index (χ4v) is 5.13. The molecule has 0 aliphatic heterocycles. The van der Waals surface area contributed by atoms with Gasteiger partial charge in [0.05, 0.1) is 17.5 Å². The zero-order valence-corrected chi connectivity index (χ0v) is 28.0. The third-order valence-electron chi connectivity index (χ3n) is 7.53. The first-order valence-electron chi connectivity index (χ1n) is 15.7. The molecule has 0 radical (unpaired) electrons. The van der Waals surface area contributed by atoms with E-state index in [1.807, 2.05) is 49.3 Å². The smallest absolute Gasteiger partial charge is 0.422 e. The highest BCUT2D eigenvalue weighted by molar-refractivity contribution is 6.01. The van der Waals surface area contributed by atoms with E-state index in [-0.39, 0.29) is 40.4 Å². The van der Waals surface area contributed by atoms with Crippen molar-refractivity contribution in [2.24, 2.45) is 0 Å². The Morgan fingerprint density at radius 3 is 2.49 bits per heavy atom. The molecule has 3 aromatic heterocycles. The van der Waals surface area contributed by atoms with Crippen molar-refractivity contribution in [2.75, 3.05) is 56.4 Å². The molecule has 0 unspecified atom stereocenters. The van der Waals surface area contributed by atoms with E-state index in [0.717, 1.165) is 29.8 Å². The monoisotopic (exact) mass is 680 g/mol. The van der Waals surface area contributed by atoms with Crippen molar-refractivity contribution in [1.82, 2.24) is 24.4 Å². The summed E-state index contributed by atoms with van der Waals surface area (Å²) >= 11 is 0. The van der Waals surface area contributed by atoms with E-state index in [2.05, 4.69) is 31.7 Å². The maximum Gasteiger partial charge on any atom is 0.422 e. The van der Waals surface area contributed by atoms with E-state index < -0.39 is 36.6 Å². The zero-order chi connectivity index (χ0) is 35.5. The lowest BCUT2D eigenvalue weighted by Gasteiger charge is -2.25. The van der Waals surface area contributed by atoms with E-state index >= 15 is 0 Å². The van der Waals surface area contributed by atoms with Crippen molar-refractivity contribution in [2.45, 2.75) is 45.0 Å². The Labute approximate surface area is 281 Å². The molecule has 2 N–H and O–H groups in total. The summed E-state index contributed by atoms with van der Waals surface area (Å²) in [5.41, 5.74) is 2.15. The fourth-order valence-electron chi connectivity index (χ4n) is 5.13. The van der Waals surface area contributed by atoms with Crippen LogP contribution < -0.4 is 20.3 Å². The van der Waals surface area contributed by atoms with Crippen LogP contribution in [0, 0.1) is 0 Å². The molecule has 1 aromatic carbocycles. The first-order chi connectivity index (χ1) is 23.2. The molecule has 0 atom stereocenters. The molecule has 1 aliphatic carbocycles.